The molecular formula is C14H16N3NaO4S. The third-order valence-corrected chi connectivity index (χ3v) is 3.50. The van der Waals surface area contributed by atoms with Crippen LogP contribution >= 0.6 is 11.3 Å². The molecule has 0 bridgehead atoms. The first-order chi connectivity index (χ1) is 10.5. The molecule has 0 unspecified atom stereocenters. The molecule has 0 atom stereocenters. The van der Waals surface area contributed by atoms with Crippen molar-refractivity contribution < 1.29 is 19.1 Å². The van der Waals surface area contributed by atoms with Crippen molar-refractivity contribution in [3.8, 4) is 5.75 Å². The number of nitrogens with two attached hydrogens (primary N) is 1. The van der Waals surface area contributed by atoms with E-state index in [1.165, 1.54) is 24.5 Å². The molecule has 3 N–H and O–H groups in total. The molecule has 1 aromatic carbocycles. The average molecular weight is 345 g/mol. The molecule has 2 aromatic rings. The molecule has 0 amide bonds. The van der Waals surface area contributed by atoms with E-state index in [9.17, 15) is 9.59 Å². The van der Waals surface area contributed by atoms with Gasteiger partial charge >= 0.3 is 41.5 Å². The third kappa shape index (κ3) is 5.83. The zero-order valence-electron chi connectivity index (χ0n) is 12.1. The molecule has 0 fully saturated rings. The number of rotatable bonds is 5. The second-order valence-corrected chi connectivity index (χ2v) is 5.42. The Morgan fingerprint density at radius 2 is 2.17 bits per heavy atom. The Balaban J connectivity index is 0.00000264. The van der Waals surface area contributed by atoms with E-state index in [2.05, 4.69) is 15.0 Å². The van der Waals surface area contributed by atoms with Gasteiger partial charge in [0, 0.05) is 17.8 Å². The van der Waals surface area contributed by atoms with Crippen molar-refractivity contribution in [2.75, 3.05) is 19.4 Å². The number of carbonyl (C=O) groups is 2. The Labute approximate surface area is 159 Å². The van der Waals surface area contributed by atoms with Gasteiger partial charge in [0.1, 0.15) is 12.3 Å². The molecule has 7 nitrogen and oxygen atoms in total. The number of anilines is 1. The quantitative estimate of drug-likeness (QED) is 0.357. The Kier molecular flexibility index (Phi) is 7.50. The average Bonchev–Trinajstić information content (AvgIpc) is 2.84. The van der Waals surface area contributed by atoms with Gasteiger partial charge in [-0.1, -0.05) is 11.3 Å². The van der Waals surface area contributed by atoms with E-state index in [-0.39, 0.29) is 36.1 Å². The van der Waals surface area contributed by atoms with E-state index >= 15 is 0 Å². The van der Waals surface area contributed by atoms with Crippen LogP contribution in [-0.4, -0.2) is 60.1 Å². The third-order valence-electron chi connectivity index (χ3n) is 2.66. The summed E-state index contributed by atoms with van der Waals surface area (Å²) in [5.41, 5.74) is 6.89. The van der Waals surface area contributed by atoms with Gasteiger partial charge in [0.05, 0.1) is 17.3 Å². The van der Waals surface area contributed by atoms with Crippen molar-refractivity contribution in [1.82, 2.24) is 10.3 Å². The fraction of sp³-hybridized carbons (Fsp3) is 0.214. The molecule has 2 rings (SSSR count). The first-order valence-electron chi connectivity index (χ1n) is 6.35. The Hall–Kier alpha value is -1.61. The normalized spacial score (nSPS) is 10.8. The summed E-state index contributed by atoms with van der Waals surface area (Å²) in [6.45, 7) is 1.58. The molecular weight excluding hydrogens is 329 g/mol. The van der Waals surface area contributed by atoms with E-state index in [0.717, 1.165) is 10.2 Å². The van der Waals surface area contributed by atoms with Crippen LogP contribution < -0.4 is 15.8 Å². The van der Waals surface area contributed by atoms with E-state index in [1.54, 1.807) is 25.1 Å². The molecule has 0 aliphatic rings. The minimum absolute atomic E-state index is 0. The topological polar surface area (TPSA) is 104 Å². The van der Waals surface area contributed by atoms with Gasteiger partial charge in [-0.05, 0) is 19.1 Å². The number of thiazole rings is 1. The number of nitrogens with zero attached hydrogens (tertiary/aromatic N) is 1. The molecule has 1 heterocycles. The second kappa shape index (κ2) is 8.88. The van der Waals surface area contributed by atoms with Gasteiger partial charge in [0.15, 0.2) is 5.13 Å². The number of aromatic nitrogens is 1. The number of benzene rings is 1. The van der Waals surface area contributed by atoms with Crippen LogP contribution in [0.25, 0.3) is 10.2 Å². The summed E-state index contributed by atoms with van der Waals surface area (Å²) in [6.07, 6.45) is 1.25. The van der Waals surface area contributed by atoms with Gasteiger partial charge in [-0.2, -0.15) is 0 Å². The standard InChI is InChI=1S/C14H15N3O4S.Na.H/c1-8(5-12(18)20-2)16-7-13(19)21-9-3-4-10-11(6-9)22-14(15)17-10;;/h3-6,16H,7H2,1-2H3,(H2,15,17);;. The monoisotopic (exact) mass is 345 g/mol. The fourth-order valence-electron chi connectivity index (χ4n) is 1.65. The summed E-state index contributed by atoms with van der Waals surface area (Å²) < 4.78 is 10.5. The molecule has 1 aromatic heterocycles. The van der Waals surface area contributed by atoms with Crippen LogP contribution in [0.3, 0.4) is 0 Å². The van der Waals surface area contributed by atoms with Crippen molar-refractivity contribution in [1.29, 1.82) is 0 Å². The number of ether oxygens (including phenoxy) is 2. The number of hydrogen-bond acceptors (Lipinski definition) is 8. The first kappa shape index (κ1) is 19.4. The summed E-state index contributed by atoms with van der Waals surface area (Å²) in [4.78, 5) is 26.9. The molecule has 0 aliphatic heterocycles. The van der Waals surface area contributed by atoms with Crippen molar-refractivity contribution in [2.45, 2.75) is 6.92 Å². The maximum absolute atomic E-state index is 11.7. The van der Waals surface area contributed by atoms with Gasteiger partial charge in [-0.15, -0.1) is 0 Å². The van der Waals surface area contributed by atoms with Crippen molar-refractivity contribution in [3.05, 3.63) is 30.0 Å². The van der Waals surface area contributed by atoms with Crippen LogP contribution in [-0.2, 0) is 14.3 Å². The Bertz CT molecular complexity index is 745. The summed E-state index contributed by atoms with van der Waals surface area (Å²) in [5.74, 6) is -0.557. The number of hydrogen-bond donors (Lipinski definition) is 2. The van der Waals surface area contributed by atoms with Crippen LogP contribution in [0, 0.1) is 0 Å². The molecule has 9 heteroatoms. The van der Waals surface area contributed by atoms with Gasteiger partial charge in [-0.3, -0.25) is 0 Å². The number of methoxy groups -OCH3 is 1. The maximum atomic E-state index is 11.7. The molecule has 118 valence electrons. The molecule has 23 heavy (non-hydrogen) atoms. The predicted molar refractivity (Wildman–Crippen MR) is 90.6 cm³/mol. The number of nitrogen functional groups attached to an aromatic ring is 1. The zero-order chi connectivity index (χ0) is 16.1. The number of nitrogens with one attached hydrogen (secondary N) is 1. The molecule has 0 radical (unpaired) electrons. The van der Waals surface area contributed by atoms with E-state index < -0.39 is 11.9 Å². The van der Waals surface area contributed by atoms with Crippen molar-refractivity contribution in [2.24, 2.45) is 0 Å². The van der Waals surface area contributed by atoms with Crippen LogP contribution in [0.2, 0.25) is 0 Å². The number of esters is 2. The number of fused-ring (bicyclic) bond motifs is 1. The van der Waals surface area contributed by atoms with Gasteiger partial charge in [0.2, 0.25) is 0 Å². The van der Waals surface area contributed by atoms with E-state index in [1.807, 2.05) is 0 Å². The van der Waals surface area contributed by atoms with E-state index in [4.69, 9.17) is 10.5 Å². The molecule has 0 spiro atoms. The van der Waals surface area contributed by atoms with Crippen molar-refractivity contribution >= 4 is 68.2 Å². The first-order valence-corrected chi connectivity index (χ1v) is 7.16. The van der Waals surface area contributed by atoms with Gasteiger partial charge < -0.3 is 20.5 Å². The Morgan fingerprint density at radius 1 is 1.43 bits per heavy atom. The molecule has 0 saturated carbocycles. The molecule has 0 aliphatic carbocycles. The predicted octanol–water partition coefficient (Wildman–Crippen LogP) is 0.802. The number of carbonyl (C=O) groups excluding carboxylic acids is 2. The van der Waals surface area contributed by atoms with Gasteiger partial charge in [-0.25, -0.2) is 14.6 Å². The van der Waals surface area contributed by atoms with E-state index in [0.29, 0.717) is 16.6 Å². The second-order valence-electron chi connectivity index (χ2n) is 4.36. The SMILES string of the molecule is COC(=O)C=C(C)NCC(=O)Oc1ccc2nc(N)sc2c1.[NaH]. The van der Waals surface area contributed by atoms with Gasteiger partial charge in [0.25, 0.3) is 0 Å². The fourth-order valence-corrected chi connectivity index (χ4v) is 2.41. The van der Waals surface area contributed by atoms with Crippen LogP contribution in [0.1, 0.15) is 6.92 Å². The summed E-state index contributed by atoms with van der Waals surface area (Å²) in [5, 5.41) is 3.23. The summed E-state index contributed by atoms with van der Waals surface area (Å²) >= 11 is 1.32. The number of allylic oxidation sites excluding steroid dienone is 1. The summed E-state index contributed by atoms with van der Waals surface area (Å²) in [6, 6.07) is 5.09. The van der Waals surface area contributed by atoms with Crippen LogP contribution in [0.15, 0.2) is 30.0 Å². The Morgan fingerprint density at radius 3 is 2.87 bits per heavy atom. The van der Waals surface area contributed by atoms with Crippen LogP contribution in [0.5, 0.6) is 5.75 Å². The zero-order valence-corrected chi connectivity index (χ0v) is 12.9. The minimum atomic E-state index is -0.494. The van der Waals surface area contributed by atoms with Crippen LogP contribution in [0.4, 0.5) is 5.13 Å². The molecule has 0 saturated heterocycles. The van der Waals surface area contributed by atoms with Crippen molar-refractivity contribution in [3.63, 3.8) is 0 Å². The summed E-state index contributed by atoms with van der Waals surface area (Å²) in [7, 11) is 1.28.